The van der Waals surface area contributed by atoms with E-state index in [-0.39, 0.29) is 36.4 Å². The van der Waals surface area contributed by atoms with Crippen LogP contribution in [0.1, 0.15) is 50.4 Å². The Morgan fingerprint density at radius 2 is 1.93 bits per heavy atom. The molecule has 1 N–H and O–H groups in total. The summed E-state index contributed by atoms with van der Waals surface area (Å²) in [6, 6.07) is 9.23. The summed E-state index contributed by atoms with van der Waals surface area (Å²) in [5, 5.41) is 6.17. The Labute approximate surface area is 176 Å². The molecule has 2 aromatic rings. The van der Waals surface area contributed by atoms with Gasteiger partial charge in [0, 0.05) is 24.4 Å². The Morgan fingerprint density at radius 1 is 1.24 bits per heavy atom. The van der Waals surface area contributed by atoms with Crippen LogP contribution in [0.15, 0.2) is 35.7 Å². The number of hydrogen-bond acceptors (Lipinski definition) is 6. The molecule has 1 saturated heterocycles. The van der Waals surface area contributed by atoms with Gasteiger partial charge in [-0.2, -0.15) is 0 Å². The van der Waals surface area contributed by atoms with Crippen LogP contribution in [0.2, 0.25) is 0 Å². The molecule has 1 fully saturated rings. The summed E-state index contributed by atoms with van der Waals surface area (Å²) in [4.78, 5) is 31.9. The number of ether oxygens (including phenoxy) is 1. The first-order valence-electron chi connectivity index (χ1n) is 10.1. The molecule has 1 aliphatic rings. The summed E-state index contributed by atoms with van der Waals surface area (Å²) in [5.74, 6) is -0.353. The van der Waals surface area contributed by atoms with Crippen molar-refractivity contribution in [1.82, 2.24) is 10.3 Å². The van der Waals surface area contributed by atoms with E-state index in [9.17, 15) is 9.59 Å². The molecule has 0 bridgehead atoms. The maximum Gasteiger partial charge on any atom is 0.308 e. The van der Waals surface area contributed by atoms with Crippen LogP contribution in [0.5, 0.6) is 0 Å². The van der Waals surface area contributed by atoms with Crippen molar-refractivity contribution in [2.75, 3.05) is 18.0 Å². The molecular weight excluding hydrogens is 386 g/mol. The van der Waals surface area contributed by atoms with Crippen LogP contribution in [-0.2, 0) is 14.3 Å². The van der Waals surface area contributed by atoms with Gasteiger partial charge in [0.05, 0.1) is 24.3 Å². The Morgan fingerprint density at radius 3 is 2.52 bits per heavy atom. The summed E-state index contributed by atoms with van der Waals surface area (Å²) in [5.41, 5.74) is 1.95. The number of esters is 1. The topological polar surface area (TPSA) is 71.5 Å². The summed E-state index contributed by atoms with van der Waals surface area (Å²) >= 11 is 1.65. The number of benzene rings is 1. The molecule has 156 valence electrons. The van der Waals surface area contributed by atoms with Crippen molar-refractivity contribution in [3.05, 3.63) is 47.0 Å². The number of aromatic nitrogens is 1. The average molecular weight is 416 g/mol. The van der Waals surface area contributed by atoms with Crippen molar-refractivity contribution < 1.29 is 14.3 Å². The van der Waals surface area contributed by atoms with Gasteiger partial charge in [-0.05, 0) is 39.2 Å². The van der Waals surface area contributed by atoms with E-state index < -0.39 is 0 Å². The van der Waals surface area contributed by atoms with E-state index in [2.05, 4.69) is 20.6 Å². The molecule has 0 aliphatic carbocycles. The Bertz CT molecular complexity index is 814. The third-order valence-corrected chi connectivity index (χ3v) is 6.02. The highest BCUT2D eigenvalue weighted by atomic mass is 32.1. The lowest BCUT2D eigenvalue weighted by atomic mass is 9.94. The van der Waals surface area contributed by atoms with Gasteiger partial charge in [0.1, 0.15) is 0 Å². The van der Waals surface area contributed by atoms with Gasteiger partial charge in [-0.15, -0.1) is 11.3 Å². The average Bonchev–Trinajstić information content (AvgIpc) is 3.14. The van der Waals surface area contributed by atoms with E-state index >= 15 is 0 Å². The molecule has 7 heteroatoms. The molecule has 6 nitrogen and oxygen atoms in total. The van der Waals surface area contributed by atoms with Gasteiger partial charge in [-0.3, -0.25) is 9.59 Å². The van der Waals surface area contributed by atoms with E-state index in [1.165, 1.54) is 0 Å². The number of thiazole rings is 1. The molecule has 0 radical (unpaired) electrons. The molecule has 0 saturated carbocycles. The Hall–Kier alpha value is -2.41. The van der Waals surface area contributed by atoms with Crippen molar-refractivity contribution in [3.63, 3.8) is 0 Å². The lowest BCUT2D eigenvalue weighted by molar-refractivity contribution is -0.148. The van der Waals surface area contributed by atoms with Gasteiger partial charge in [0.25, 0.3) is 0 Å². The van der Waals surface area contributed by atoms with Crippen LogP contribution in [0.25, 0.3) is 0 Å². The van der Waals surface area contributed by atoms with Gasteiger partial charge in [-0.25, -0.2) is 4.98 Å². The number of carbonyl (C=O) groups is 2. The summed E-state index contributed by atoms with van der Waals surface area (Å²) in [7, 11) is 0. The normalized spacial score (nSPS) is 15.9. The third-order valence-electron chi connectivity index (χ3n) is 5.00. The predicted molar refractivity (Wildman–Crippen MR) is 115 cm³/mol. The van der Waals surface area contributed by atoms with Crippen molar-refractivity contribution in [3.8, 4) is 0 Å². The summed E-state index contributed by atoms with van der Waals surface area (Å²) in [6.45, 7) is 7.28. The highest BCUT2D eigenvalue weighted by Crippen LogP contribution is 2.27. The fourth-order valence-electron chi connectivity index (χ4n) is 3.52. The highest BCUT2D eigenvalue weighted by molar-refractivity contribution is 7.13. The zero-order chi connectivity index (χ0) is 20.8. The second-order valence-corrected chi connectivity index (χ2v) is 8.58. The van der Waals surface area contributed by atoms with Gasteiger partial charge in [0.15, 0.2) is 5.13 Å². The second kappa shape index (κ2) is 9.87. The van der Waals surface area contributed by atoms with Crippen LogP contribution in [0.4, 0.5) is 5.13 Å². The van der Waals surface area contributed by atoms with Crippen LogP contribution in [0.3, 0.4) is 0 Å². The number of carbonyl (C=O) groups excluding carboxylic acids is 2. The molecule has 2 heterocycles. The van der Waals surface area contributed by atoms with Gasteiger partial charge < -0.3 is 15.0 Å². The number of amides is 1. The van der Waals surface area contributed by atoms with Gasteiger partial charge in [-0.1, -0.05) is 30.3 Å². The first kappa shape index (κ1) is 21.3. The minimum absolute atomic E-state index is 0.00571. The number of piperidine rings is 1. The molecular formula is C22H29N3O3S. The number of nitrogens with zero attached hydrogens (tertiary/aromatic N) is 2. The summed E-state index contributed by atoms with van der Waals surface area (Å²) < 4.78 is 5.29. The largest absolute Gasteiger partial charge is 0.463 e. The highest BCUT2D eigenvalue weighted by Gasteiger charge is 2.29. The minimum Gasteiger partial charge on any atom is -0.463 e. The first-order valence-corrected chi connectivity index (χ1v) is 11.0. The van der Waals surface area contributed by atoms with Gasteiger partial charge >= 0.3 is 5.97 Å². The number of nitrogens with one attached hydrogen (secondary N) is 1. The Balaban J connectivity index is 1.60. The molecule has 1 aliphatic heterocycles. The van der Waals surface area contributed by atoms with Gasteiger partial charge in [0.2, 0.25) is 5.91 Å². The fourth-order valence-corrected chi connectivity index (χ4v) is 4.38. The zero-order valence-electron chi connectivity index (χ0n) is 17.3. The monoisotopic (exact) mass is 415 g/mol. The fraction of sp³-hybridized carbons (Fsp3) is 0.500. The zero-order valence-corrected chi connectivity index (χ0v) is 18.1. The van der Waals surface area contributed by atoms with Crippen LogP contribution >= 0.6 is 11.3 Å². The minimum atomic E-state index is -0.380. The van der Waals surface area contributed by atoms with Crippen LogP contribution in [-0.4, -0.2) is 36.1 Å². The summed E-state index contributed by atoms with van der Waals surface area (Å²) in [6.07, 6.45) is 1.52. The molecule has 29 heavy (non-hydrogen) atoms. The SMILES string of the molecule is Cc1csc(N2CCC(C(=O)NC(CC(=O)OC(C)C)c3ccccc3)CC2)n1. The molecule has 0 spiro atoms. The lowest BCUT2D eigenvalue weighted by Crippen LogP contribution is -2.42. The molecule has 1 aromatic carbocycles. The third kappa shape index (κ3) is 6.03. The van der Waals surface area contributed by atoms with E-state index in [1.807, 2.05) is 51.1 Å². The van der Waals surface area contributed by atoms with Crippen molar-refractivity contribution >= 4 is 28.3 Å². The molecule has 1 unspecified atom stereocenters. The van der Waals surface area contributed by atoms with E-state index in [1.54, 1.807) is 11.3 Å². The van der Waals surface area contributed by atoms with Crippen molar-refractivity contribution in [2.24, 2.45) is 5.92 Å². The molecule has 3 rings (SSSR count). The van der Waals surface area contributed by atoms with Crippen LogP contribution < -0.4 is 10.2 Å². The molecule has 1 atom stereocenters. The van der Waals surface area contributed by atoms with Crippen molar-refractivity contribution in [2.45, 2.75) is 52.2 Å². The lowest BCUT2D eigenvalue weighted by Gasteiger charge is -2.32. The quantitative estimate of drug-likeness (QED) is 0.695. The van der Waals surface area contributed by atoms with Crippen LogP contribution in [0, 0.1) is 12.8 Å². The predicted octanol–water partition coefficient (Wildman–Crippen LogP) is 3.87. The number of anilines is 1. The maximum atomic E-state index is 12.9. The number of hydrogen-bond donors (Lipinski definition) is 1. The first-order chi connectivity index (χ1) is 13.9. The standard InChI is InChI=1S/C22H29N3O3S/c1-15(2)28-20(26)13-19(17-7-5-4-6-8-17)24-21(27)18-9-11-25(12-10-18)22-23-16(3)14-29-22/h4-8,14-15,18-19H,9-13H2,1-3H3,(H,24,27). The van der Waals surface area contributed by atoms with E-state index in [4.69, 9.17) is 4.74 Å². The Kier molecular flexibility index (Phi) is 7.25. The van der Waals surface area contributed by atoms with E-state index in [0.29, 0.717) is 0 Å². The van der Waals surface area contributed by atoms with E-state index in [0.717, 1.165) is 42.3 Å². The molecule has 1 amide bonds. The van der Waals surface area contributed by atoms with Crippen molar-refractivity contribution in [1.29, 1.82) is 0 Å². The second-order valence-electron chi connectivity index (χ2n) is 7.75. The number of aryl methyl sites for hydroxylation is 1. The maximum absolute atomic E-state index is 12.9. The molecule has 1 aromatic heterocycles. The number of rotatable bonds is 7. The smallest absolute Gasteiger partial charge is 0.308 e.